The largest absolute Gasteiger partial charge is 0.383 e. The lowest BCUT2D eigenvalue weighted by Gasteiger charge is -2.11. The Labute approximate surface area is 140 Å². The van der Waals surface area contributed by atoms with E-state index in [4.69, 9.17) is 12.2 Å². The maximum Gasteiger partial charge on any atom is 0.269 e. The van der Waals surface area contributed by atoms with Gasteiger partial charge in [0.2, 0.25) is 0 Å². The number of nitro groups is 1. The van der Waals surface area contributed by atoms with E-state index in [9.17, 15) is 10.1 Å². The van der Waals surface area contributed by atoms with Crippen molar-refractivity contribution >= 4 is 34.4 Å². The van der Waals surface area contributed by atoms with Crippen molar-refractivity contribution in [1.29, 1.82) is 0 Å². The lowest BCUT2D eigenvalue weighted by molar-refractivity contribution is -0.384. The fourth-order valence-corrected chi connectivity index (χ4v) is 2.12. The predicted molar refractivity (Wildman–Crippen MR) is 97.0 cm³/mol. The van der Waals surface area contributed by atoms with Gasteiger partial charge in [0.1, 0.15) is 0 Å². The van der Waals surface area contributed by atoms with E-state index in [0.717, 1.165) is 11.4 Å². The maximum atomic E-state index is 10.6. The second-order valence-corrected chi connectivity index (χ2v) is 5.39. The maximum absolute atomic E-state index is 10.6. The van der Waals surface area contributed by atoms with E-state index in [2.05, 4.69) is 16.0 Å². The predicted octanol–water partition coefficient (Wildman–Crippen LogP) is 3.30. The summed E-state index contributed by atoms with van der Waals surface area (Å²) in [4.78, 5) is 10.2. The lowest BCUT2D eigenvalue weighted by atomic mass is 10.2. The number of nitrogens with zero attached hydrogens (tertiary/aromatic N) is 1. The Hall–Kier alpha value is -2.67. The van der Waals surface area contributed by atoms with Crippen molar-refractivity contribution < 1.29 is 4.92 Å². The molecule has 0 saturated heterocycles. The highest BCUT2D eigenvalue weighted by atomic mass is 32.1. The number of hydrogen-bond donors (Lipinski definition) is 3. The zero-order valence-corrected chi connectivity index (χ0v) is 13.5. The molecule has 0 amide bonds. The van der Waals surface area contributed by atoms with Gasteiger partial charge in [0.05, 0.1) is 4.92 Å². The zero-order chi connectivity index (χ0) is 16.7. The molecule has 3 N–H and O–H groups in total. The molecular weight excluding hydrogens is 312 g/mol. The van der Waals surface area contributed by atoms with Gasteiger partial charge in [0.15, 0.2) is 5.11 Å². The third kappa shape index (κ3) is 5.55. The molecule has 2 rings (SSSR count). The molecule has 0 unspecified atom stereocenters. The Morgan fingerprint density at radius 3 is 2.26 bits per heavy atom. The van der Waals surface area contributed by atoms with Gasteiger partial charge in [0, 0.05) is 36.6 Å². The van der Waals surface area contributed by atoms with E-state index in [-0.39, 0.29) is 5.69 Å². The van der Waals surface area contributed by atoms with Crippen molar-refractivity contribution in [2.75, 3.05) is 23.7 Å². The molecule has 2 aromatic rings. The summed E-state index contributed by atoms with van der Waals surface area (Å²) in [6, 6.07) is 14.3. The van der Waals surface area contributed by atoms with Gasteiger partial charge in [-0.2, -0.15) is 0 Å². The summed E-state index contributed by atoms with van der Waals surface area (Å²) in [7, 11) is 0. The molecule has 7 heteroatoms. The molecule has 0 fully saturated rings. The topological polar surface area (TPSA) is 79.2 Å². The smallest absolute Gasteiger partial charge is 0.269 e. The van der Waals surface area contributed by atoms with Gasteiger partial charge < -0.3 is 16.0 Å². The zero-order valence-electron chi connectivity index (χ0n) is 12.7. The summed E-state index contributed by atoms with van der Waals surface area (Å²) in [5, 5.41) is 20.5. The number of hydrogen-bond acceptors (Lipinski definition) is 4. The summed E-state index contributed by atoms with van der Waals surface area (Å²) in [5.74, 6) is 0. The van der Waals surface area contributed by atoms with Crippen molar-refractivity contribution in [3.8, 4) is 0 Å². The van der Waals surface area contributed by atoms with Crippen LogP contribution in [0.1, 0.15) is 5.56 Å². The molecule has 0 radical (unpaired) electrons. The summed E-state index contributed by atoms with van der Waals surface area (Å²) in [6.45, 7) is 3.31. The lowest BCUT2D eigenvalue weighted by Crippen LogP contribution is -2.32. The number of thiocarbonyl (C=S) groups is 1. The van der Waals surface area contributed by atoms with Crippen LogP contribution >= 0.6 is 12.2 Å². The quantitative estimate of drug-likeness (QED) is 0.326. The van der Waals surface area contributed by atoms with Gasteiger partial charge in [-0.25, -0.2) is 0 Å². The minimum atomic E-state index is -0.416. The molecule has 120 valence electrons. The average molecular weight is 330 g/mol. The van der Waals surface area contributed by atoms with Crippen LogP contribution in [0.25, 0.3) is 0 Å². The summed E-state index contributed by atoms with van der Waals surface area (Å²) in [6.07, 6.45) is 0. The molecule has 0 saturated carbocycles. The van der Waals surface area contributed by atoms with E-state index >= 15 is 0 Å². The van der Waals surface area contributed by atoms with E-state index in [1.807, 2.05) is 31.2 Å². The Balaban J connectivity index is 1.69. The molecule has 6 nitrogen and oxygen atoms in total. The van der Waals surface area contributed by atoms with Gasteiger partial charge in [-0.3, -0.25) is 10.1 Å². The van der Waals surface area contributed by atoms with Crippen LogP contribution in [0.15, 0.2) is 48.5 Å². The minimum absolute atomic E-state index is 0.0807. The number of aryl methyl sites for hydroxylation is 1. The molecule has 0 aliphatic rings. The van der Waals surface area contributed by atoms with Crippen LogP contribution < -0.4 is 16.0 Å². The van der Waals surface area contributed by atoms with Gasteiger partial charge in [0.25, 0.3) is 5.69 Å². The van der Waals surface area contributed by atoms with Crippen molar-refractivity contribution in [2.24, 2.45) is 0 Å². The first kappa shape index (κ1) is 16.7. The molecule has 0 spiro atoms. The van der Waals surface area contributed by atoms with E-state index in [0.29, 0.717) is 18.2 Å². The molecule has 0 atom stereocenters. The number of nitrogens with one attached hydrogen (secondary N) is 3. The highest BCUT2D eigenvalue weighted by Crippen LogP contribution is 2.14. The molecule has 23 heavy (non-hydrogen) atoms. The highest BCUT2D eigenvalue weighted by molar-refractivity contribution is 7.80. The molecule has 2 aromatic carbocycles. The number of anilines is 2. The molecule has 0 heterocycles. The minimum Gasteiger partial charge on any atom is -0.383 e. The number of rotatable bonds is 6. The monoisotopic (exact) mass is 330 g/mol. The van der Waals surface area contributed by atoms with Crippen LogP contribution in [0.5, 0.6) is 0 Å². The fraction of sp³-hybridized carbons (Fsp3) is 0.188. The third-order valence-electron chi connectivity index (χ3n) is 3.13. The Kier molecular flexibility index (Phi) is 5.87. The highest BCUT2D eigenvalue weighted by Gasteiger charge is 2.03. The third-order valence-corrected chi connectivity index (χ3v) is 3.37. The first-order valence-corrected chi connectivity index (χ1v) is 7.55. The normalized spacial score (nSPS) is 9.96. The van der Waals surface area contributed by atoms with E-state index in [1.54, 1.807) is 12.1 Å². The molecule has 0 aliphatic heterocycles. The SMILES string of the molecule is Cc1ccc(NC(=S)NCCNc2ccc([N+](=O)[O-])cc2)cc1. The van der Waals surface area contributed by atoms with Crippen molar-refractivity contribution in [3.63, 3.8) is 0 Å². The second kappa shape index (κ2) is 8.09. The van der Waals surface area contributed by atoms with Crippen LogP contribution in [0.4, 0.5) is 17.1 Å². The van der Waals surface area contributed by atoms with Crippen molar-refractivity contribution in [1.82, 2.24) is 5.32 Å². The number of non-ortho nitro benzene ring substituents is 1. The van der Waals surface area contributed by atoms with Gasteiger partial charge in [-0.1, -0.05) is 17.7 Å². The Bertz CT molecular complexity index is 671. The van der Waals surface area contributed by atoms with Crippen molar-refractivity contribution in [3.05, 3.63) is 64.2 Å². The standard InChI is InChI=1S/C16H18N4O2S/c1-12-2-4-14(5-3-12)19-16(23)18-11-10-17-13-6-8-15(9-7-13)20(21)22/h2-9,17H,10-11H2,1H3,(H2,18,19,23). The number of nitro benzene ring substituents is 1. The van der Waals surface area contributed by atoms with Crippen LogP contribution in [0.2, 0.25) is 0 Å². The molecular formula is C16H18N4O2S. The van der Waals surface area contributed by atoms with Crippen LogP contribution in [0.3, 0.4) is 0 Å². The van der Waals surface area contributed by atoms with Gasteiger partial charge >= 0.3 is 0 Å². The number of benzene rings is 2. The Morgan fingerprint density at radius 1 is 1.04 bits per heavy atom. The van der Waals surface area contributed by atoms with Crippen LogP contribution in [-0.2, 0) is 0 Å². The van der Waals surface area contributed by atoms with Crippen LogP contribution in [-0.4, -0.2) is 23.1 Å². The summed E-state index contributed by atoms with van der Waals surface area (Å²) in [5.41, 5.74) is 3.05. The summed E-state index contributed by atoms with van der Waals surface area (Å²) >= 11 is 5.22. The molecule has 0 aliphatic carbocycles. The van der Waals surface area contributed by atoms with Gasteiger partial charge in [-0.15, -0.1) is 0 Å². The second-order valence-electron chi connectivity index (χ2n) is 4.98. The first-order chi connectivity index (χ1) is 11.0. The first-order valence-electron chi connectivity index (χ1n) is 7.14. The van der Waals surface area contributed by atoms with E-state index < -0.39 is 4.92 Å². The van der Waals surface area contributed by atoms with Crippen molar-refractivity contribution in [2.45, 2.75) is 6.92 Å². The Morgan fingerprint density at radius 2 is 1.65 bits per heavy atom. The molecule has 0 aromatic heterocycles. The fourth-order valence-electron chi connectivity index (χ4n) is 1.90. The molecule has 0 bridgehead atoms. The van der Waals surface area contributed by atoms with E-state index in [1.165, 1.54) is 17.7 Å². The summed E-state index contributed by atoms with van der Waals surface area (Å²) < 4.78 is 0. The van der Waals surface area contributed by atoms with Gasteiger partial charge in [-0.05, 0) is 43.4 Å². The van der Waals surface area contributed by atoms with Crippen LogP contribution in [0, 0.1) is 17.0 Å². The average Bonchev–Trinajstić information content (AvgIpc) is 2.54.